The summed E-state index contributed by atoms with van der Waals surface area (Å²) in [4.78, 5) is 17.0. The molecule has 1 aliphatic rings. The number of para-hydroxylation sites is 1. The summed E-state index contributed by atoms with van der Waals surface area (Å²) >= 11 is 0. The summed E-state index contributed by atoms with van der Waals surface area (Å²) in [5, 5.41) is 3.05. The molecular weight excluding hydrogens is 310 g/mol. The number of nitrogens with one attached hydrogen (secondary N) is 1. The molecule has 1 saturated heterocycles. The normalized spacial score (nSPS) is 15.2. The van der Waals surface area contributed by atoms with Gasteiger partial charge in [0, 0.05) is 50.5 Å². The molecule has 3 rings (SSSR count). The monoisotopic (exact) mass is 337 g/mol. The maximum Gasteiger partial charge on any atom is 0.225 e. The Kier molecular flexibility index (Phi) is 5.71. The van der Waals surface area contributed by atoms with Crippen LogP contribution in [0.25, 0.3) is 0 Å². The number of rotatable bonds is 5. The van der Waals surface area contributed by atoms with E-state index >= 15 is 0 Å². The Morgan fingerprint density at radius 3 is 2.44 bits per heavy atom. The highest BCUT2D eigenvalue weighted by Gasteiger charge is 2.17. The van der Waals surface area contributed by atoms with Crippen LogP contribution in [0.2, 0.25) is 0 Å². The number of hydrogen-bond donors (Lipinski definition) is 1. The first kappa shape index (κ1) is 17.5. The second-order valence-corrected chi connectivity index (χ2v) is 6.78. The van der Waals surface area contributed by atoms with Crippen LogP contribution >= 0.6 is 0 Å². The molecule has 1 aliphatic heterocycles. The van der Waals surface area contributed by atoms with E-state index in [1.165, 1.54) is 5.69 Å². The largest absolute Gasteiger partial charge is 0.369 e. The minimum absolute atomic E-state index is 0.0965. The van der Waals surface area contributed by atoms with E-state index in [9.17, 15) is 4.79 Å². The Balaban J connectivity index is 1.44. The Bertz CT molecular complexity index is 706. The van der Waals surface area contributed by atoms with Gasteiger partial charge in [0.25, 0.3) is 0 Å². The van der Waals surface area contributed by atoms with Crippen LogP contribution in [0.4, 0.5) is 11.4 Å². The molecule has 0 aromatic heterocycles. The van der Waals surface area contributed by atoms with Gasteiger partial charge in [-0.3, -0.25) is 9.69 Å². The van der Waals surface area contributed by atoms with Crippen molar-refractivity contribution < 1.29 is 4.79 Å². The van der Waals surface area contributed by atoms with Crippen LogP contribution in [-0.2, 0) is 4.79 Å². The summed E-state index contributed by atoms with van der Waals surface area (Å²) < 4.78 is 0. The van der Waals surface area contributed by atoms with Gasteiger partial charge in [0.2, 0.25) is 5.91 Å². The Hall–Kier alpha value is -2.33. The fraction of sp³-hybridized carbons (Fsp3) is 0.381. The van der Waals surface area contributed by atoms with Gasteiger partial charge < -0.3 is 10.2 Å². The van der Waals surface area contributed by atoms with Crippen LogP contribution in [0.5, 0.6) is 0 Å². The molecule has 0 saturated carbocycles. The van der Waals surface area contributed by atoms with Crippen molar-refractivity contribution in [2.75, 3.05) is 42.9 Å². The zero-order valence-corrected chi connectivity index (χ0v) is 15.2. The first-order chi connectivity index (χ1) is 12.1. The topological polar surface area (TPSA) is 35.6 Å². The van der Waals surface area contributed by atoms with E-state index in [0.29, 0.717) is 6.42 Å². The Morgan fingerprint density at radius 1 is 1.00 bits per heavy atom. The van der Waals surface area contributed by atoms with E-state index in [1.54, 1.807) is 0 Å². The number of carbonyl (C=O) groups excluding carboxylic acids is 1. The van der Waals surface area contributed by atoms with Crippen molar-refractivity contribution in [1.29, 1.82) is 0 Å². The molecule has 1 N–H and O–H groups in total. The zero-order chi connectivity index (χ0) is 17.6. The third-order valence-corrected chi connectivity index (χ3v) is 4.82. The van der Waals surface area contributed by atoms with E-state index in [0.717, 1.165) is 49.5 Å². The summed E-state index contributed by atoms with van der Waals surface area (Å²) in [6, 6.07) is 16.7. The number of piperazine rings is 1. The number of amides is 1. The fourth-order valence-electron chi connectivity index (χ4n) is 3.21. The highest BCUT2D eigenvalue weighted by molar-refractivity contribution is 5.91. The smallest absolute Gasteiger partial charge is 0.225 e. The zero-order valence-electron chi connectivity index (χ0n) is 15.2. The summed E-state index contributed by atoms with van der Waals surface area (Å²) in [5.41, 5.74) is 4.49. The predicted octanol–water partition coefficient (Wildman–Crippen LogP) is 3.45. The second-order valence-electron chi connectivity index (χ2n) is 6.78. The molecule has 2 aromatic rings. The van der Waals surface area contributed by atoms with Crippen LogP contribution in [0.15, 0.2) is 48.5 Å². The van der Waals surface area contributed by atoms with Gasteiger partial charge in [0.05, 0.1) is 0 Å². The minimum atomic E-state index is 0.0965. The molecule has 4 nitrogen and oxygen atoms in total. The highest BCUT2D eigenvalue weighted by atomic mass is 16.1. The van der Waals surface area contributed by atoms with Gasteiger partial charge in [-0.2, -0.15) is 0 Å². The lowest BCUT2D eigenvalue weighted by atomic mass is 10.1. The number of anilines is 2. The number of hydrogen-bond acceptors (Lipinski definition) is 3. The first-order valence-corrected chi connectivity index (χ1v) is 9.01. The van der Waals surface area contributed by atoms with Crippen molar-refractivity contribution in [2.24, 2.45) is 0 Å². The number of benzene rings is 2. The molecule has 25 heavy (non-hydrogen) atoms. The van der Waals surface area contributed by atoms with Gasteiger partial charge in [-0.05, 0) is 43.2 Å². The maximum atomic E-state index is 12.3. The van der Waals surface area contributed by atoms with Gasteiger partial charge in [0.1, 0.15) is 0 Å². The van der Waals surface area contributed by atoms with Crippen molar-refractivity contribution in [3.63, 3.8) is 0 Å². The molecule has 0 aliphatic carbocycles. The van der Waals surface area contributed by atoms with Crippen molar-refractivity contribution in [2.45, 2.75) is 20.3 Å². The quantitative estimate of drug-likeness (QED) is 0.908. The van der Waals surface area contributed by atoms with E-state index in [1.807, 2.05) is 32.0 Å². The third-order valence-electron chi connectivity index (χ3n) is 4.82. The average Bonchev–Trinajstić information content (AvgIpc) is 2.64. The van der Waals surface area contributed by atoms with Crippen LogP contribution < -0.4 is 10.2 Å². The molecule has 0 radical (unpaired) electrons. The SMILES string of the molecule is Cc1ccc(C)c(NC(=O)CCN2CCN(c3ccccc3)CC2)c1. The minimum Gasteiger partial charge on any atom is -0.369 e. The Morgan fingerprint density at radius 2 is 1.72 bits per heavy atom. The first-order valence-electron chi connectivity index (χ1n) is 9.01. The molecule has 1 amide bonds. The summed E-state index contributed by atoms with van der Waals surface area (Å²) in [6.45, 7) is 8.93. The predicted molar refractivity (Wildman–Crippen MR) is 104 cm³/mol. The number of carbonyl (C=O) groups is 1. The molecule has 132 valence electrons. The number of aryl methyl sites for hydroxylation is 2. The summed E-state index contributed by atoms with van der Waals surface area (Å²) in [7, 11) is 0. The van der Waals surface area contributed by atoms with Gasteiger partial charge in [0.15, 0.2) is 0 Å². The molecule has 0 unspecified atom stereocenters. The van der Waals surface area contributed by atoms with Crippen molar-refractivity contribution in [3.05, 3.63) is 59.7 Å². The lowest BCUT2D eigenvalue weighted by molar-refractivity contribution is -0.116. The molecular formula is C21H27N3O. The molecule has 4 heteroatoms. The van der Waals surface area contributed by atoms with Crippen molar-refractivity contribution in [1.82, 2.24) is 4.90 Å². The van der Waals surface area contributed by atoms with Gasteiger partial charge in [-0.1, -0.05) is 30.3 Å². The second kappa shape index (κ2) is 8.17. The fourth-order valence-corrected chi connectivity index (χ4v) is 3.21. The molecule has 0 bridgehead atoms. The number of nitrogens with zero attached hydrogens (tertiary/aromatic N) is 2. The molecule has 0 atom stereocenters. The van der Waals surface area contributed by atoms with E-state index < -0.39 is 0 Å². The lowest BCUT2D eigenvalue weighted by Gasteiger charge is -2.36. The summed E-state index contributed by atoms with van der Waals surface area (Å²) in [5.74, 6) is 0.0965. The highest BCUT2D eigenvalue weighted by Crippen LogP contribution is 2.17. The standard InChI is InChI=1S/C21H27N3O/c1-17-8-9-18(2)20(16-17)22-21(25)10-11-23-12-14-24(15-13-23)19-6-4-3-5-7-19/h3-9,16H,10-15H2,1-2H3,(H,22,25). The van der Waals surface area contributed by atoms with E-state index in [-0.39, 0.29) is 5.91 Å². The van der Waals surface area contributed by atoms with Crippen LogP contribution in [-0.4, -0.2) is 43.5 Å². The molecule has 0 spiro atoms. The van der Waals surface area contributed by atoms with Crippen LogP contribution in [0.3, 0.4) is 0 Å². The lowest BCUT2D eigenvalue weighted by Crippen LogP contribution is -2.47. The average molecular weight is 337 g/mol. The van der Waals surface area contributed by atoms with Crippen molar-refractivity contribution >= 4 is 17.3 Å². The van der Waals surface area contributed by atoms with Gasteiger partial charge in [-0.15, -0.1) is 0 Å². The Labute approximate surface area is 150 Å². The van der Waals surface area contributed by atoms with Crippen LogP contribution in [0, 0.1) is 13.8 Å². The summed E-state index contributed by atoms with van der Waals surface area (Å²) in [6.07, 6.45) is 0.540. The van der Waals surface area contributed by atoms with Crippen molar-refractivity contribution in [3.8, 4) is 0 Å². The van der Waals surface area contributed by atoms with E-state index in [2.05, 4.69) is 45.4 Å². The van der Waals surface area contributed by atoms with Gasteiger partial charge in [-0.25, -0.2) is 0 Å². The van der Waals surface area contributed by atoms with Gasteiger partial charge >= 0.3 is 0 Å². The third kappa shape index (κ3) is 4.83. The molecule has 1 fully saturated rings. The van der Waals surface area contributed by atoms with Crippen LogP contribution in [0.1, 0.15) is 17.5 Å². The van der Waals surface area contributed by atoms with E-state index in [4.69, 9.17) is 0 Å². The maximum absolute atomic E-state index is 12.3. The molecule has 1 heterocycles. The molecule has 2 aromatic carbocycles.